The fourth-order valence-corrected chi connectivity index (χ4v) is 5.16. The van der Waals surface area contributed by atoms with Crippen molar-refractivity contribution < 1.29 is 19.2 Å². The number of aromatic nitrogens is 1. The highest BCUT2D eigenvalue weighted by molar-refractivity contribution is 6.39. The van der Waals surface area contributed by atoms with E-state index in [1.54, 1.807) is 18.2 Å². The first kappa shape index (κ1) is 18.3. The second kappa shape index (κ2) is 6.94. The Bertz CT molecular complexity index is 907. The normalized spacial score (nSPS) is 26.2. The van der Waals surface area contributed by atoms with Crippen LogP contribution in [0.15, 0.2) is 22.7 Å². The highest BCUT2D eigenvalue weighted by atomic mass is 35.5. The van der Waals surface area contributed by atoms with Crippen LogP contribution in [0.2, 0.25) is 10.0 Å². The predicted molar refractivity (Wildman–Crippen MR) is 104 cm³/mol. The highest BCUT2D eigenvalue weighted by Crippen LogP contribution is 2.47. The Morgan fingerprint density at radius 2 is 2.04 bits per heavy atom. The standard InChI is InChI=1S/C20H20Cl2N2O4/c21-14-2-1-3-15(22)17(14)18-13(19(28-23-18)10-4-5-10)9-27-16-7-12-6-11(16)8-24(12)20(25)26/h1-3,10-12,16H,4-9H2,(H,25,26)/t11-,12-,16-/m0/s1. The molecule has 3 fully saturated rings. The molecule has 28 heavy (non-hydrogen) atoms. The van der Waals surface area contributed by atoms with Crippen molar-refractivity contribution in [3.63, 3.8) is 0 Å². The van der Waals surface area contributed by atoms with Gasteiger partial charge in [0.05, 0.1) is 22.8 Å². The lowest BCUT2D eigenvalue weighted by atomic mass is 10.0. The second-order valence-electron chi connectivity index (χ2n) is 7.91. The quantitative estimate of drug-likeness (QED) is 0.717. The third kappa shape index (κ3) is 3.08. The van der Waals surface area contributed by atoms with Crippen LogP contribution in [-0.4, -0.2) is 39.9 Å². The summed E-state index contributed by atoms with van der Waals surface area (Å²) in [6.07, 6.45) is 3.00. The van der Waals surface area contributed by atoms with E-state index in [4.69, 9.17) is 32.5 Å². The molecule has 0 unspecified atom stereocenters. The smallest absolute Gasteiger partial charge is 0.407 e. The van der Waals surface area contributed by atoms with E-state index in [0.717, 1.165) is 37.0 Å². The van der Waals surface area contributed by atoms with Crippen molar-refractivity contribution in [3.8, 4) is 11.3 Å². The molecule has 148 valence electrons. The zero-order valence-corrected chi connectivity index (χ0v) is 16.6. The lowest BCUT2D eigenvalue weighted by Gasteiger charge is -2.29. The van der Waals surface area contributed by atoms with Gasteiger partial charge in [-0.05, 0) is 37.8 Å². The van der Waals surface area contributed by atoms with Gasteiger partial charge < -0.3 is 19.3 Å². The van der Waals surface area contributed by atoms with Gasteiger partial charge in [-0.15, -0.1) is 0 Å². The first-order chi connectivity index (χ1) is 13.5. The van der Waals surface area contributed by atoms with Gasteiger partial charge in [-0.1, -0.05) is 34.4 Å². The number of benzene rings is 1. The van der Waals surface area contributed by atoms with Gasteiger partial charge in [0, 0.05) is 35.5 Å². The Kier molecular flexibility index (Phi) is 4.53. The summed E-state index contributed by atoms with van der Waals surface area (Å²) in [6.45, 7) is 0.917. The van der Waals surface area contributed by atoms with Gasteiger partial charge in [-0.25, -0.2) is 4.79 Å². The largest absolute Gasteiger partial charge is 0.465 e. The number of rotatable bonds is 5. The minimum Gasteiger partial charge on any atom is -0.465 e. The van der Waals surface area contributed by atoms with Crippen LogP contribution in [0.25, 0.3) is 11.3 Å². The molecule has 3 aliphatic rings. The molecule has 5 rings (SSSR count). The van der Waals surface area contributed by atoms with Crippen LogP contribution in [0.1, 0.15) is 42.9 Å². The number of amides is 1. The van der Waals surface area contributed by atoms with E-state index in [1.165, 1.54) is 4.90 Å². The van der Waals surface area contributed by atoms with Crippen LogP contribution in [0.4, 0.5) is 4.79 Å². The summed E-state index contributed by atoms with van der Waals surface area (Å²) in [4.78, 5) is 12.8. The average molecular weight is 423 g/mol. The number of likely N-dealkylation sites (tertiary alicyclic amines) is 1. The topological polar surface area (TPSA) is 75.8 Å². The molecule has 0 spiro atoms. The Morgan fingerprint density at radius 1 is 1.29 bits per heavy atom. The monoisotopic (exact) mass is 422 g/mol. The number of hydrogen-bond acceptors (Lipinski definition) is 4. The van der Waals surface area contributed by atoms with E-state index in [2.05, 4.69) is 5.16 Å². The zero-order chi connectivity index (χ0) is 19.4. The summed E-state index contributed by atoms with van der Waals surface area (Å²) in [5.41, 5.74) is 2.23. The SMILES string of the molecule is O=C(O)N1C[C@@H]2C[C@H]1C[C@@H]2OCc1c(-c2c(Cl)cccc2Cl)noc1C1CC1. The molecule has 2 aromatic rings. The Labute approximate surface area is 172 Å². The maximum atomic E-state index is 11.3. The maximum absolute atomic E-state index is 11.3. The van der Waals surface area contributed by atoms with E-state index in [0.29, 0.717) is 40.4 Å². The van der Waals surface area contributed by atoms with Crippen LogP contribution >= 0.6 is 23.2 Å². The molecule has 1 saturated heterocycles. The number of nitrogens with zero attached hydrogens (tertiary/aromatic N) is 2. The van der Waals surface area contributed by atoms with Crippen LogP contribution in [0.3, 0.4) is 0 Å². The molecule has 1 amide bonds. The number of piperidine rings is 1. The van der Waals surface area contributed by atoms with Crippen LogP contribution in [-0.2, 0) is 11.3 Å². The van der Waals surface area contributed by atoms with Crippen molar-refractivity contribution in [2.75, 3.05) is 6.54 Å². The summed E-state index contributed by atoms with van der Waals surface area (Å²) in [6, 6.07) is 5.44. The summed E-state index contributed by atoms with van der Waals surface area (Å²) in [5.74, 6) is 1.49. The van der Waals surface area contributed by atoms with Gasteiger partial charge in [0.15, 0.2) is 0 Å². The van der Waals surface area contributed by atoms with E-state index in [1.807, 2.05) is 0 Å². The molecule has 0 radical (unpaired) electrons. The first-order valence-electron chi connectivity index (χ1n) is 9.57. The molecule has 2 heterocycles. The van der Waals surface area contributed by atoms with Gasteiger partial charge in [0.2, 0.25) is 0 Å². The van der Waals surface area contributed by atoms with E-state index in [-0.39, 0.29) is 18.1 Å². The van der Waals surface area contributed by atoms with Gasteiger partial charge in [-0.3, -0.25) is 0 Å². The van der Waals surface area contributed by atoms with E-state index >= 15 is 0 Å². The Morgan fingerprint density at radius 3 is 2.64 bits per heavy atom. The lowest BCUT2D eigenvalue weighted by Crippen LogP contribution is -2.41. The summed E-state index contributed by atoms with van der Waals surface area (Å²) >= 11 is 12.8. The van der Waals surface area contributed by atoms with Crippen molar-refractivity contribution in [1.82, 2.24) is 10.1 Å². The van der Waals surface area contributed by atoms with E-state index < -0.39 is 6.09 Å². The van der Waals surface area contributed by atoms with Crippen molar-refractivity contribution in [2.45, 2.75) is 50.4 Å². The average Bonchev–Trinajstić information content (AvgIpc) is 3.11. The molecule has 8 heteroatoms. The molecule has 1 aromatic carbocycles. The molecule has 2 saturated carbocycles. The molecule has 6 nitrogen and oxygen atoms in total. The minimum atomic E-state index is -0.836. The predicted octanol–water partition coefficient (Wildman–Crippen LogP) is 5.18. The molecule has 3 atom stereocenters. The molecule has 1 aliphatic heterocycles. The highest BCUT2D eigenvalue weighted by Gasteiger charge is 2.47. The van der Waals surface area contributed by atoms with Crippen molar-refractivity contribution in [1.29, 1.82) is 0 Å². The van der Waals surface area contributed by atoms with Crippen molar-refractivity contribution in [3.05, 3.63) is 39.6 Å². The molecule has 1 N–H and O–H groups in total. The number of carbonyl (C=O) groups is 1. The fourth-order valence-electron chi connectivity index (χ4n) is 4.58. The first-order valence-corrected chi connectivity index (χ1v) is 10.3. The minimum absolute atomic E-state index is 0.0529. The van der Waals surface area contributed by atoms with Crippen molar-refractivity contribution >= 4 is 29.3 Å². The molecule has 2 bridgehead atoms. The van der Waals surface area contributed by atoms with Crippen molar-refractivity contribution in [2.24, 2.45) is 5.92 Å². The summed E-state index contributed by atoms with van der Waals surface area (Å²) in [7, 11) is 0. The van der Waals surface area contributed by atoms with Crippen LogP contribution < -0.4 is 0 Å². The molecule has 1 aromatic heterocycles. The lowest BCUT2D eigenvalue weighted by molar-refractivity contribution is -0.00788. The third-order valence-electron chi connectivity index (χ3n) is 6.13. The zero-order valence-electron chi connectivity index (χ0n) is 15.1. The number of carboxylic acid groups (broad SMARTS) is 1. The second-order valence-corrected chi connectivity index (χ2v) is 8.73. The third-order valence-corrected chi connectivity index (χ3v) is 6.76. The molecule has 2 aliphatic carbocycles. The van der Waals surface area contributed by atoms with Gasteiger partial charge in [0.25, 0.3) is 0 Å². The van der Waals surface area contributed by atoms with Crippen LogP contribution in [0.5, 0.6) is 0 Å². The summed E-state index contributed by atoms with van der Waals surface area (Å²) < 4.78 is 11.9. The van der Waals surface area contributed by atoms with Gasteiger partial charge in [-0.2, -0.15) is 0 Å². The van der Waals surface area contributed by atoms with Crippen LogP contribution in [0, 0.1) is 5.92 Å². The molecular weight excluding hydrogens is 403 g/mol. The Hall–Kier alpha value is -1.76. The van der Waals surface area contributed by atoms with Gasteiger partial charge >= 0.3 is 6.09 Å². The number of halogens is 2. The number of ether oxygens (including phenoxy) is 1. The fraction of sp³-hybridized carbons (Fsp3) is 0.500. The van der Waals surface area contributed by atoms with Gasteiger partial charge in [0.1, 0.15) is 11.5 Å². The Balaban J connectivity index is 1.38. The molecular formula is C20H20Cl2N2O4. The summed E-state index contributed by atoms with van der Waals surface area (Å²) in [5, 5.41) is 14.6. The number of fused-ring (bicyclic) bond motifs is 2. The maximum Gasteiger partial charge on any atom is 0.407 e. The number of hydrogen-bond donors (Lipinski definition) is 1. The van der Waals surface area contributed by atoms with E-state index in [9.17, 15) is 9.90 Å².